The van der Waals surface area contributed by atoms with Crippen LogP contribution in [-0.4, -0.2) is 58.8 Å². The molecule has 1 aliphatic rings. The van der Waals surface area contributed by atoms with Crippen molar-refractivity contribution < 1.29 is 17.6 Å². The van der Waals surface area contributed by atoms with Crippen LogP contribution in [0.1, 0.15) is 19.2 Å². The number of hydrogen-bond donors (Lipinski definition) is 0. The first-order valence-corrected chi connectivity index (χ1v) is 13.6. The van der Waals surface area contributed by atoms with E-state index in [0.717, 1.165) is 29.9 Å². The fraction of sp³-hybridized carbons (Fsp3) is 0.348. The summed E-state index contributed by atoms with van der Waals surface area (Å²) in [7, 11) is -3.58. The second-order valence-corrected chi connectivity index (χ2v) is 10.7. The molecule has 0 aliphatic carbocycles. The monoisotopic (exact) mass is 499 g/mol. The lowest BCUT2D eigenvalue weighted by molar-refractivity contribution is 0.0730. The van der Waals surface area contributed by atoms with Gasteiger partial charge in [0.25, 0.3) is 5.22 Å². The van der Waals surface area contributed by atoms with E-state index >= 15 is 0 Å². The molecule has 5 rings (SSSR count). The molecule has 1 aliphatic heterocycles. The van der Waals surface area contributed by atoms with E-state index in [1.165, 1.54) is 16.1 Å². The molecule has 1 saturated heterocycles. The molecule has 0 unspecified atom stereocenters. The molecule has 178 valence electrons. The summed E-state index contributed by atoms with van der Waals surface area (Å²) in [5, 5.41) is 8.75. The van der Waals surface area contributed by atoms with Gasteiger partial charge in [0.15, 0.2) is 0 Å². The fourth-order valence-electron chi connectivity index (χ4n) is 3.93. The van der Waals surface area contributed by atoms with E-state index < -0.39 is 10.0 Å². The molecule has 0 amide bonds. The number of rotatable bonds is 8. The van der Waals surface area contributed by atoms with Crippen molar-refractivity contribution in [1.29, 1.82) is 0 Å². The zero-order valence-electron chi connectivity index (χ0n) is 18.8. The van der Waals surface area contributed by atoms with Crippen LogP contribution >= 0.6 is 11.8 Å². The highest BCUT2D eigenvalue weighted by Crippen LogP contribution is 2.29. The number of thioether (sulfide) groups is 1. The highest BCUT2D eigenvalue weighted by molar-refractivity contribution is 7.98. The molecule has 1 fully saturated rings. The number of benzene rings is 2. The number of aryl methyl sites for hydroxylation is 1. The van der Waals surface area contributed by atoms with Crippen LogP contribution in [0.4, 0.5) is 0 Å². The molecule has 3 heterocycles. The maximum absolute atomic E-state index is 13.1. The number of nitrogens with zero attached hydrogens (tertiary/aromatic N) is 5. The molecular weight excluding hydrogens is 474 g/mol. The minimum Gasteiger partial charge on any atom is -0.411 e. The van der Waals surface area contributed by atoms with E-state index in [1.54, 1.807) is 12.1 Å². The Balaban J connectivity index is 1.40. The van der Waals surface area contributed by atoms with E-state index in [9.17, 15) is 8.42 Å². The number of aromatic nitrogens is 4. The van der Waals surface area contributed by atoms with Gasteiger partial charge >= 0.3 is 0 Å². The fourth-order valence-corrected chi connectivity index (χ4v) is 6.07. The summed E-state index contributed by atoms with van der Waals surface area (Å²) in [6, 6.07) is 14.8. The van der Waals surface area contributed by atoms with Crippen molar-refractivity contribution in [2.24, 2.45) is 0 Å². The number of ether oxygens (including phenoxy) is 1. The van der Waals surface area contributed by atoms with Crippen molar-refractivity contribution >= 4 is 32.8 Å². The van der Waals surface area contributed by atoms with Gasteiger partial charge in [-0.25, -0.2) is 13.4 Å². The van der Waals surface area contributed by atoms with Crippen LogP contribution in [0.15, 0.2) is 63.1 Å². The van der Waals surface area contributed by atoms with Gasteiger partial charge < -0.3 is 13.7 Å². The van der Waals surface area contributed by atoms with Crippen LogP contribution in [0.2, 0.25) is 0 Å². The molecule has 34 heavy (non-hydrogen) atoms. The topological polar surface area (TPSA) is 103 Å². The summed E-state index contributed by atoms with van der Waals surface area (Å²) in [6.07, 6.45) is 0.926. The summed E-state index contributed by atoms with van der Waals surface area (Å²) >= 11 is 1.41. The first kappa shape index (κ1) is 23.0. The lowest BCUT2D eigenvalue weighted by Crippen LogP contribution is -2.40. The number of imidazole rings is 1. The van der Waals surface area contributed by atoms with Crippen LogP contribution in [0.3, 0.4) is 0 Å². The molecule has 0 radical (unpaired) electrons. The van der Waals surface area contributed by atoms with Crippen molar-refractivity contribution in [2.75, 3.05) is 26.3 Å². The van der Waals surface area contributed by atoms with Gasteiger partial charge in [-0.15, -0.1) is 10.2 Å². The Morgan fingerprint density at radius 3 is 2.62 bits per heavy atom. The first-order chi connectivity index (χ1) is 16.6. The van der Waals surface area contributed by atoms with Gasteiger partial charge in [0, 0.05) is 25.2 Å². The smallest absolute Gasteiger partial charge is 0.277 e. The minimum atomic E-state index is -3.58. The van der Waals surface area contributed by atoms with Crippen molar-refractivity contribution in [1.82, 2.24) is 24.1 Å². The van der Waals surface area contributed by atoms with Gasteiger partial charge in [-0.1, -0.05) is 36.9 Å². The summed E-state index contributed by atoms with van der Waals surface area (Å²) in [5.41, 5.74) is 2.44. The standard InChI is InChI=1S/C23H25N5O4S2/c1-2-10-28-20-9-8-18(34(29,30)27-11-13-31-14-12-27)15-19(20)24-21(28)16-33-23-26-25-22(32-23)17-6-4-3-5-7-17/h3-9,15H,2,10-14,16H2,1H3. The van der Waals surface area contributed by atoms with E-state index in [1.807, 2.05) is 36.4 Å². The molecule has 4 aromatic rings. The quantitative estimate of drug-likeness (QED) is 0.337. The maximum atomic E-state index is 13.1. The lowest BCUT2D eigenvalue weighted by Gasteiger charge is -2.26. The number of fused-ring (bicyclic) bond motifs is 1. The van der Waals surface area contributed by atoms with Crippen molar-refractivity contribution in [3.05, 3.63) is 54.4 Å². The summed E-state index contributed by atoms with van der Waals surface area (Å²) in [5.74, 6) is 1.83. The highest BCUT2D eigenvalue weighted by Gasteiger charge is 2.27. The number of morpholine rings is 1. The van der Waals surface area contributed by atoms with Crippen LogP contribution in [0.5, 0.6) is 0 Å². The highest BCUT2D eigenvalue weighted by atomic mass is 32.2. The van der Waals surface area contributed by atoms with Gasteiger partial charge in [-0.05, 0) is 36.8 Å². The Labute approximate surface area is 202 Å². The third-order valence-electron chi connectivity index (χ3n) is 5.61. The Bertz CT molecular complexity index is 1380. The Hall–Kier alpha value is -2.73. The third-order valence-corrected chi connectivity index (χ3v) is 8.31. The van der Waals surface area contributed by atoms with E-state index in [0.29, 0.717) is 48.7 Å². The van der Waals surface area contributed by atoms with Gasteiger partial charge in [-0.2, -0.15) is 4.31 Å². The molecule has 0 bridgehead atoms. The largest absolute Gasteiger partial charge is 0.411 e. The van der Waals surface area contributed by atoms with E-state index in [4.69, 9.17) is 14.1 Å². The summed E-state index contributed by atoms with van der Waals surface area (Å²) in [4.78, 5) is 5.03. The van der Waals surface area contributed by atoms with Gasteiger partial charge in [0.1, 0.15) is 5.82 Å². The van der Waals surface area contributed by atoms with Crippen LogP contribution in [-0.2, 0) is 27.1 Å². The molecule has 0 N–H and O–H groups in total. The first-order valence-electron chi connectivity index (χ1n) is 11.1. The second-order valence-electron chi connectivity index (χ2n) is 7.87. The molecule has 2 aromatic carbocycles. The Morgan fingerprint density at radius 2 is 1.85 bits per heavy atom. The number of sulfonamides is 1. The SMILES string of the molecule is CCCn1c(CSc2nnc(-c3ccccc3)o2)nc2cc(S(=O)(=O)N3CCOCC3)ccc21. The predicted molar refractivity (Wildman–Crippen MR) is 129 cm³/mol. The van der Waals surface area contributed by atoms with E-state index in [-0.39, 0.29) is 4.90 Å². The van der Waals surface area contributed by atoms with Gasteiger partial charge in [0.05, 0.1) is 34.9 Å². The van der Waals surface area contributed by atoms with Crippen LogP contribution in [0, 0.1) is 0 Å². The van der Waals surface area contributed by atoms with Crippen molar-refractivity contribution in [2.45, 2.75) is 35.8 Å². The van der Waals surface area contributed by atoms with E-state index in [2.05, 4.69) is 21.7 Å². The van der Waals surface area contributed by atoms with Crippen molar-refractivity contribution in [3.63, 3.8) is 0 Å². The molecule has 0 saturated carbocycles. The average molecular weight is 500 g/mol. The summed E-state index contributed by atoms with van der Waals surface area (Å²) < 4.78 is 40.9. The Morgan fingerprint density at radius 1 is 1.06 bits per heavy atom. The molecule has 11 heteroatoms. The Kier molecular flexibility index (Phi) is 6.68. The normalized spacial score (nSPS) is 15.2. The van der Waals surface area contributed by atoms with Gasteiger partial charge in [0.2, 0.25) is 15.9 Å². The predicted octanol–water partition coefficient (Wildman–Crippen LogP) is 3.81. The zero-order chi connectivity index (χ0) is 23.5. The molecule has 2 aromatic heterocycles. The number of hydrogen-bond acceptors (Lipinski definition) is 8. The minimum absolute atomic E-state index is 0.256. The van der Waals surface area contributed by atoms with Crippen LogP contribution < -0.4 is 0 Å². The average Bonchev–Trinajstić information content (AvgIpc) is 3.48. The van der Waals surface area contributed by atoms with Crippen LogP contribution in [0.25, 0.3) is 22.5 Å². The second kappa shape index (κ2) is 9.87. The van der Waals surface area contributed by atoms with Gasteiger partial charge in [-0.3, -0.25) is 0 Å². The summed E-state index contributed by atoms with van der Waals surface area (Å²) in [6.45, 7) is 4.43. The third kappa shape index (κ3) is 4.61. The molecular formula is C23H25N5O4S2. The molecule has 9 nitrogen and oxygen atoms in total. The zero-order valence-corrected chi connectivity index (χ0v) is 20.4. The van der Waals surface area contributed by atoms with Crippen molar-refractivity contribution in [3.8, 4) is 11.5 Å². The maximum Gasteiger partial charge on any atom is 0.277 e. The lowest BCUT2D eigenvalue weighted by atomic mass is 10.2. The molecule has 0 atom stereocenters. The molecule has 0 spiro atoms.